The standard InChI is InChI=1S/C21H29ClO12/c22-6-13(24)30-9-12-14(25)15(26)17(28)21(33-12)34-19-11(7-23)32-20(18(29)16(19)27)31-8-10-4-2-1-3-5-10/h1-5,11-12,14-21,23,25-29H,6-9H2/t11-,12-,14+,15+,16-,17-,18-,19-,20-,21+/m1/s1. The van der Waals surface area contributed by atoms with Gasteiger partial charge in [0.25, 0.3) is 0 Å². The zero-order valence-corrected chi connectivity index (χ0v) is 18.8. The fourth-order valence-corrected chi connectivity index (χ4v) is 3.72. The third-order valence-corrected chi connectivity index (χ3v) is 5.77. The van der Waals surface area contributed by atoms with Crippen LogP contribution in [0.5, 0.6) is 0 Å². The van der Waals surface area contributed by atoms with Gasteiger partial charge >= 0.3 is 5.97 Å². The van der Waals surface area contributed by atoms with E-state index in [1.54, 1.807) is 24.3 Å². The number of carbonyl (C=O) groups is 1. The van der Waals surface area contributed by atoms with E-state index in [1.807, 2.05) is 6.07 Å². The molecule has 0 radical (unpaired) electrons. The summed E-state index contributed by atoms with van der Waals surface area (Å²) < 4.78 is 26.9. The van der Waals surface area contributed by atoms with Crippen LogP contribution in [0.15, 0.2) is 30.3 Å². The van der Waals surface area contributed by atoms with Crippen LogP contribution in [0.3, 0.4) is 0 Å². The highest BCUT2D eigenvalue weighted by atomic mass is 35.5. The van der Waals surface area contributed by atoms with E-state index in [0.29, 0.717) is 0 Å². The first-order valence-corrected chi connectivity index (χ1v) is 11.1. The van der Waals surface area contributed by atoms with Crippen LogP contribution in [-0.4, -0.2) is 117 Å². The Kier molecular flexibility index (Phi) is 10.0. The number of hydrogen-bond acceptors (Lipinski definition) is 12. The zero-order chi connectivity index (χ0) is 24.8. The Balaban J connectivity index is 1.65. The number of hydrogen-bond donors (Lipinski definition) is 6. The average molecular weight is 509 g/mol. The summed E-state index contributed by atoms with van der Waals surface area (Å²) in [5.74, 6) is -1.24. The third-order valence-electron chi connectivity index (χ3n) is 5.56. The van der Waals surface area contributed by atoms with Gasteiger partial charge in [0.2, 0.25) is 0 Å². The second-order valence-corrected chi connectivity index (χ2v) is 8.20. The number of aliphatic hydroxyl groups is 6. The van der Waals surface area contributed by atoms with Crippen molar-refractivity contribution in [2.24, 2.45) is 0 Å². The summed E-state index contributed by atoms with van der Waals surface area (Å²) in [5, 5.41) is 61.5. The summed E-state index contributed by atoms with van der Waals surface area (Å²) in [6.07, 6.45) is -15.2. The van der Waals surface area contributed by atoms with Crippen LogP contribution in [0, 0.1) is 0 Å². The van der Waals surface area contributed by atoms with Crippen LogP contribution in [0.2, 0.25) is 0 Å². The molecule has 0 bridgehead atoms. The number of benzene rings is 1. The maximum Gasteiger partial charge on any atom is 0.320 e. The molecule has 2 heterocycles. The molecule has 6 N–H and O–H groups in total. The number of rotatable bonds is 9. The lowest BCUT2D eigenvalue weighted by molar-refractivity contribution is -0.360. The lowest BCUT2D eigenvalue weighted by atomic mass is 9.97. The van der Waals surface area contributed by atoms with Gasteiger partial charge in [-0.25, -0.2) is 0 Å². The topological polar surface area (TPSA) is 185 Å². The van der Waals surface area contributed by atoms with Gasteiger partial charge in [0, 0.05) is 0 Å². The normalized spacial score (nSPS) is 38.4. The van der Waals surface area contributed by atoms with E-state index in [2.05, 4.69) is 0 Å². The van der Waals surface area contributed by atoms with Crippen LogP contribution in [0.1, 0.15) is 5.56 Å². The van der Waals surface area contributed by atoms with E-state index in [4.69, 9.17) is 35.3 Å². The monoisotopic (exact) mass is 508 g/mol. The molecule has 0 saturated carbocycles. The molecule has 34 heavy (non-hydrogen) atoms. The van der Waals surface area contributed by atoms with Crippen molar-refractivity contribution in [1.82, 2.24) is 0 Å². The van der Waals surface area contributed by atoms with Gasteiger partial charge in [-0.3, -0.25) is 4.79 Å². The lowest BCUT2D eigenvalue weighted by Gasteiger charge is -2.46. The molecule has 0 aliphatic carbocycles. The van der Waals surface area contributed by atoms with Crippen molar-refractivity contribution >= 4 is 17.6 Å². The second kappa shape index (κ2) is 12.5. The van der Waals surface area contributed by atoms with Crippen molar-refractivity contribution < 1.29 is 59.1 Å². The van der Waals surface area contributed by atoms with Crippen molar-refractivity contribution in [3.05, 3.63) is 35.9 Å². The molecule has 12 nitrogen and oxygen atoms in total. The molecule has 0 amide bonds. The minimum Gasteiger partial charge on any atom is -0.462 e. The van der Waals surface area contributed by atoms with Crippen LogP contribution >= 0.6 is 11.6 Å². The zero-order valence-electron chi connectivity index (χ0n) is 18.0. The maximum absolute atomic E-state index is 11.3. The van der Waals surface area contributed by atoms with E-state index in [-0.39, 0.29) is 6.61 Å². The van der Waals surface area contributed by atoms with Gasteiger partial charge in [-0.1, -0.05) is 30.3 Å². The maximum atomic E-state index is 11.3. The Bertz CT molecular complexity index is 767. The predicted molar refractivity (Wildman–Crippen MR) is 112 cm³/mol. The van der Waals surface area contributed by atoms with Crippen molar-refractivity contribution in [1.29, 1.82) is 0 Å². The summed E-state index contributed by atoms with van der Waals surface area (Å²) in [5.41, 5.74) is 0.791. The first kappa shape index (κ1) is 27.2. The van der Waals surface area contributed by atoms with Gasteiger partial charge in [0.05, 0.1) is 13.2 Å². The Morgan fingerprint density at radius 3 is 2.18 bits per heavy atom. The highest BCUT2D eigenvalue weighted by molar-refractivity contribution is 6.26. The summed E-state index contributed by atoms with van der Waals surface area (Å²) in [6.45, 7) is -1.08. The third kappa shape index (κ3) is 6.42. The molecule has 2 aliphatic rings. The Morgan fingerprint density at radius 2 is 1.53 bits per heavy atom. The smallest absolute Gasteiger partial charge is 0.320 e. The van der Waals surface area contributed by atoms with E-state index >= 15 is 0 Å². The van der Waals surface area contributed by atoms with Crippen LogP contribution in [0.4, 0.5) is 0 Å². The molecule has 1 aromatic rings. The quantitative estimate of drug-likeness (QED) is 0.154. The molecule has 0 spiro atoms. The molecule has 0 aromatic heterocycles. The number of ether oxygens (including phenoxy) is 5. The SMILES string of the molecule is O=C(CCl)OC[C@H]1O[C@@H](O[C@H]2[C@H](O)[C@@H](O)[C@H](OCc3ccccc3)O[C@@H]2CO)[C@H](O)[C@@H](O)[C@H]1O. The highest BCUT2D eigenvalue weighted by Gasteiger charge is 2.51. The number of alkyl halides is 1. The molecule has 13 heteroatoms. The highest BCUT2D eigenvalue weighted by Crippen LogP contribution is 2.30. The molecule has 1 aromatic carbocycles. The number of carbonyl (C=O) groups excluding carboxylic acids is 1. The van der Waals surface area contributed by atoms with Crippen LogP contribution < -0.4 is 0 Å². The summed E-state index contributed by atoms with van der Waals surface area (Å²) in [7, 11) is 0. The summed E-state index contributed by atoms with van der Waals surface area (Å²) in [4.78, 5) is 11.3. The average Bonchev–Trinajstić information content (AvgIpc) is 2.86. The Morgan fingerprint density at radius 1 is 0.882 bits per heavy atom. The first-order chi connectivity index (χ1) is 16.3. The molecular weight excluding hydrogens is 480 g/mol. The van der Waals surface area contributed by atoms with Crippen molar-refractivity contribution in [2.45, 2.75) is 68.0 Å². The van der Waals surface area contributed by atoms with E-state index in [9.17, 15) is 35.4 Å². The lowest BCUT2D eigenvalue weighted by Crippen LogP contribution is -2.64. The van der Waals surface area contributed by atoms with Gasteiger partial charge < -0.3 is 54.3 Å². The fraction of sp³-hybridized carbons (Fsp3) is 0.667. The second-order valence-electron chi connectivity index (χ2n) is 7.94. The summed E-state index contributed by atoms with van der Waals surface area (Å²) >= 11 is 5.35. The van der Waals surface area contributed by atoms with E-state index in [1.165, 1.54) is 0 Å². The molecule has 2 fully saturated rings. The van der Waals surface area contributed by atoms with Crippen LogP contribution in [0.25, 0.3) is 0 Å². The molecule has 2 aliphatic heterocycles. The molecule has 192 valence electrons. The van der Waals surface area contributed by atoms with Gasteiger partial charge in [0.1, 0.15) is 61.3 Å². The Hall–Kier alpha value is -1.42. The summed E-state index contributed by atoms with van der Waals surface area (Å²) in [6, 6.07) is 9.02. The molecule has 3 rings (SSSR count). The largest absolute Gasteiger partial charge is 0.462 e. The van der Waals surface area contributed by atoms with Crippen molar-refractivity contribution in [3.63, 3.8) is 0 Å². The number of esters is 1. The molecule has 0 unspecified atom stereocenters. The van der Waals surface area contributed by atoms with E-state index < -0.39 is 86.5 Å². The Labute approximate surface area is 200 Å². The molecule has 2 saturated heterocycles. The predicted octanol–water partition coefficient (Wildman–Crippen LogP) is -2.38. The van der Waals surface area contributed by atoms with Crippen molar-refractivity contribution in [3.8, 4) is 0 Å². The van der Waals surface area contributed by atoms with E-state index in [0.717, 1.165) is 5.56 Å². The van der Waals surface area contributed by atoms with Crippen LogP contribution in [-0.2, 0) is 35.1 Å². The minimum absolute atomic E-state index is 0.0657. The first-order valence-electron chi connectivity index (χ1n) is 10.6. The van der Waals surface area contributed by atoms with Gasteiger partial charge in [-0.15, -0.1) is 11.6 Å². The van der Waals surface area contributed by atoms with Gasteiger partial charge in [-0.2, -0.15) is 0 Å². The number of halogens is 1. The van der Waals surface area contributed by atoms with Gasteiger partial charge in [0.15, 0.2) is 12.6 Å². The number of aliphatic hydroxyl groups excluding tert-OH is 6. The molecular formula is C21H29ClO12. The minimum atomic E-state index is -1.77. The fourth-order valence-electron chi connectivity index (χ4n) is 3.65. The van der Waals surface area contributed by atoms with Crippen molar-refractivity contribution in [2.75, 3.05) is 19.1 Å². The van der Waals surface area contributed by atoms with Gasteiger partial charge in [-0.05, 0) is 5.56 Å². The molecule has 10 atom stereocenters.